The lowest BCUT2D eigenvalue weighted by Crippen LogP contribution is -2.16. The van der Waals surface area contributed by atoms with Gasteiger partial charge in [-0.05, 0) is 66.6 Å². The molecule has 45 heavy (non-hydrogen) atoms. The molecule has 0 saturated carbocycles. The van der Waals surface area contributed by atoms with E-state index in [1.807, 2.05) is 0 Å². The number of aryl methyl sites for hydroxylation is 1. The first-order valence-electron chi connectivity index (χ1n) is 13.1. The average Bonchev–Trinajstić information content (AvgIpc) is 3.56. The van der Waals surface area contributed by atoms with Crippen LogP contribution in [0.5, 0.6) is 5.75 Å². The first kappa shape index (κ1) is 31.8. The van der Waals surface area contributed by atoms with Crippen molar-refractivity contribution >= 4 is 9.84 Å². The monoisotopic (exact) mass is 651 g/mol. The van der Waals surface area contributed by atoms with Crippen LogP contribution < -0.4 is 4.74 Å². The van der Waals surface area contributed by atoms with E-state index in [4.69, 9.17) is 4.42 Å². The van der Waals surface area contributed by atoms with Gasteiger partial charge in [-0.15, -0.1) is 13.2 Å². The van der Waals surface area contributed by atoms with Crippen LogP contribution in [0.4, 0.5) is 26.3 Å². The Kier molecular flexibility index (Phi) is 8.27. The summed E-state index contributed by atoms with van der Waals surface area (Å²) in [4.78, 5) is 8.12. The summed E-state index contributed by atoms with van der Waals surface area (Å²) < 4.78 is 115. The molecule has 2 heterocycles. The maximum Gasteiger partial charge on any atom is 0.573 e. The molecule has 3 aromatic carbocycles. The zero-order valence-corrected chi connectivity index (χ0v) is 24.3. The Morgan fingerprint density at radius 3 is 2.18 bits per heavy atom. The molecule has 0 unspecified atom stereocenters. The number of benzene rings is 3. The Labute approximate surface area is 252 Å². The second-order valence-electron chi connectivity index (χ2n) is 9.90. The van der Waals surface area contributed by atoms with Crippen LogP contribution in [0.25, 0.3) is 39.4 Å². The number of sulfone groups is 1. The number of oxazole rings is 1. The smallest absolute Gasteiger partial charge is 0.440 e. The van der Waals surface area contributed by atoms with Crippen molar-refractivity contribution in [3.05, 3.63) is 90.3 Å². The van der Waals surface area contributed by atoms with Gasteiger partial charge in [0, 0.05) is 30.0 Å². The van der Waals surface area contributed by atoms with Crippen molar-refractivity contribution in [3.8, 4) is 45.1 Å². The summed E-state index contributed by atoms with van der Waals surface area (Å²) in [6.07, 6.45) is -7.85. The number of imidazole rings is 1. The van der Waals surface area contributed by atoms with E-state index in [2.05, 4.69) is 14.7 Å². The molecule has 0 amide bonds. The van der Waals surface area contributed by atoms with Crippen molar-refractivity contribution in [2.75, 3.05) is 12.9 Å². The zero-order valence-electron chi connectivity index (χ0n) is 23.4. The SMILES string of the molecule is Cc1nc(C(F)(F)F)cn1-c1ccc(-c2cccc(S(C)(=O)=O)c2)cc1-c1oc(CCO)nc1-c1ccc(OC(F)(F)F)cc1. The summed E-state index contributed by atoms with van der Waals surface area (Å²) in [5.74, 6) is -0.428. The van der Waals surface area contributed by atoms with Crippen LogP contribution in [0.2, 0.25) is 0 Å². The van der Waals surface area contributed by atoms with E-state index in [1.54, 1.807) is 24.3 Å². The number of rotatable bonds is 8. The summed E-state index contributed by atoms with van der Waals surface area (Å²) in [6.45, 7) is 1.01. The molecule has 8 nitrogen and oxygen atoms in total. The molecule has 0 saturated heterocycles. The highest BCUT2D eigenvalue weighted by Gasteiger charge is 2.35. The number of aliphatic hydroxyl groups excluding tert-OH is 1. The van der Waals surface area contributed by atoms with Crippen LogP contribution in [0.3, 0.4) is 0 Å². The minimum absolute atomic E-state index is 0.0132. The fourth-order valence-corrected chi connectivity index (χ4v) is 5.29. The molecule has 0 aliphatic carbocycles. The van der Waals surface area contributed by atoms with Gasteiger partial charge in [-0.1, -0.05) is 18.2 Å². The predicted octanol–water partition coefficient (Wildman–Crippen LogP) is 7.03. The predicted molar refractivity (Wildman–Crippen MR) is 150 cm³/mol. The largest absolute Gasteiger partial charge is 0.573 e. The number of nitrogens with zero attached hydrogens (tertiary/aromatic N) is 3. The van der Waals surface area contributed by atoms with Crippen molar-refractivity contribution in [2.45, 2.75) is 30.8 Å². The summed E-state index contributed by atoms with van der Waals surface area (Å²) >= 11 is 0. The number of aliphatic hydroxyl groups is 1. The van der Waals surface area contributed by atoms with Gasteiger partial charge in [0.05, 0.1) is 17.2 Å². The molecule has 236 valence electrons. The van der Waals surface area contributed by atoms with Gasteiger partial charge in [0.2, 0.25) is 0 Å². The highest BCUT2D eigenvalue weighted by Crippen LogP contribution is 2.40. The van der Waals surface area contributed by atoms with Crippen molar-refractivity contribution in [1.82, 2.24) is 14.5 Å². The Bertz CT molecular complexity index is 1960. The number of ether oxygens (including phenoxy) is 1. The highest BCUT2D eigenvalue weighted by atomic mass is 32.2. The first-order chi connectivity index (χ1) is 21.0. The Hall–Kier alpha value is -4.63. The van der Waals surface area contributed by atoms with Crippen molar-refractivity contribution in [3.63, 3.8) is 0 Å². The number of halogens is 6. The summed E-state index contributed by atoms with van der Waals surface area (Å²) in [6, 6.07) is 15.4. The van der Waals surface area contributed by atoms with Crippen LogP contribution in [-0.4, -0.2) is 47.3 Å². The maximum absolute atomic E-state index is 13.6. The number of alkyl halides is 6. The molecule has 5 aromatic rings. The number of aromatic nitrogens is 3. The van der Waals surface area contributed by atoms with Crippen LogP contribution in [0, 0.1) is 6.92 Å². The van der Waals surface area contributed by atoms with Gasteiger partial charge in [0.25, 0.3) is 0 Å². The highest BCUT2D eigenvalue weighted by molar-refractivity contribution is 7.90. The summed E-state index contributed by atoms with van der Waals surface area (Å²) in [5.41, 5.74) is 0.574. The van der Waals surface area contributed by atoms with Crippen molar-refractivity contribution in [1.29, 1.82) is 0 Å². The topological polar surface area (TPSA) is 107 Å². The quantitative estimate of drug-likeness (QED) is 0.180. The standard InChI is InChI=1S/C30H23F6N3O5S/c1-17-37-25(29(31,32)33)16-39(17)24-11-8-20(19-4-3-5-22(14-19)45(2,41)42)15-23(24)28-27(38-26(43-28)12-13-40)18-6-9-21(10-7-18)44-30(34,35)36/h3-11,14-16,40H,12-13H2,1-2H3. The lowest BCUT2D eigenvalue weighted by atomic mass is 9.98. The zero-order chi connectivity index (χ0) is 32.7. The lowest BCUT2D eigenvalue weighted by molar-refractivity contribution is -0.274. The molecule has 5 rings (SSSR count). The van der Waals surface area contributed by atoms with E-state index in [-0.39, 0.29) is 57.9 Å². The third kappa shape index (κ3) is 7.04. The van der Waals surface area contributed by atoms with Gasteiger partial charge < -0.3 is 18.8 Å². The van der Waals surface area contributed by atoms with E-state index in [9.17, 15) is 39.9 Å². The molecule has 0 bridgehead atoms. The van der Waals surface area contributed by atoms with Gasteiger partial charge in [-0.2, -0.15) is 13.2 Å². The van der Waals surface area contributed by atoms with E-state index in [1.165, 1.54) is 41.8 Å². The molecule has 0 radical (unpaired) electrons. The molecular weight excluding hydrogens is 628 g/mol. The number of hydrogen-bond acceptors (Lipinski definition) is 7. The Morgan fingerprint density at radius 2 is 1.58 bits per heavy atom. The fraction of sp³-hybridized carbons (Fsp3) is 0.200. The molecule has 0 aliphatic rings. The van der Waals surface area contributed by atoms with Crippen LogP contribution in [-0.2, 0) is 22.4 Å². The molecular formula is C30H23F6N3O5S. The van der Waals surface area contributed by atoms with E-state index in [0.717, 1.165) is 24.6 Å². The van der Waals surface area contributed by atoms with Gasteiger partial charge in [-0.3, -0.25) is 0 Å². The molecule has 0 aliphatic heterocycles. The third-order valence-corrected chi connectivity index (χ3v) is 7.74. The number of hydrogen-bond donors (Lipinski definition) is 1. The molecule has 1 N–H and O–H groups in total. The molecule has 0 atom stereocenters. The summed E-state index contributed by atoms with van der Waals surface area (Å²) in [5, 5.41) is 9.55. The molecule has 15 heteroatoms. The van der Waals surface area contributed by atoms with Crippen LogP contribution in [0.1, 0.15) is 17.4 Å². The minimum atomic E-state index is -4.92. The van der Waals surface area contributed by atoms with Crippen molar-refractivity contribution in [2.24, 2.45) is 0 Å². The van der Waals surface area contributed by atoms with Crippen molar-refractivity contribution < 1.29 is 49.0 Å². The van der Waals surface area contributed by atoms with Crippen LogP contribution >= 0.6 is 0 Å². The average molecular weight is 652 g/mol. The fourth-order valence-electron chi connectivity index (χ4n) is 4.63. The van der Waals surface area contributed by atoms with E-state index < -0.39 is 33.8 Å². The maximum atomic E-state index is 13.6. The van der Waals surface area contributed by atoms with Crippen LogP contribution in [0.15, 0.2) is 82.2 Å². The summed E-state index contributed by atoms with van der Waals surface area (Å²) in [7, 11) is -3.58. The lowest BCUT2D eigenvalue weighted by Gasteiger charge is -2.14. The third-order valence-electron chi connectivity index (χ3n) is 6.63. The van der Waals surface area contributed by atoms with Gasteiger partial charge >= 0.3 is 12.5 Å². The first-order valence-corrected chi connectivity index (χ1v) is 15.0. The van der Waals surface area contributed by atoms with Gasteiger partial charge in [-0.25, -0.2) is 18.4 Å². The minimum Gasteiger partial charge on any atom is -0.440 e. The Morgan fingerprint density at radius 1 is 0.911 bits per heavy atom. The normalized spacial score (nSPS) is 12.5. The second-order valence-corrected chi connectivity index (χ2v) is 11.9. The van der Waals surface area contributed by atoms with Gasteiger partial charge in [0.15, 0.2) is 27.2 Å². The van der Waals surface area contributed by atoms with E-state index in [0.29, 0.717) is 11.1 Å². The molecule has 0 spiro atoms. The molecule has 2 aromatic heterocycles. The Balaban J connectivity index is 1.75. The second kappa shape index (κ2) is 11.7. The van der Waals surface area contributed by atoms with Gasteiger partial charge in [0.1, 0.15) is 17.3 Å². The molecule has 0 fully saturated rings. The van der Waals surface area contributed by atoms with E-state index >= 15 is 0 Å².